The molecular weight excluding hydrogens is 313 g/mol. The van der Waals surface area contributed by atoms with Crippen LogP contribution in [0.15, 0.2) is 18.2 Å². The van der Waals surface area contributed by atoms with Gasteiger partial charge in [0, 0.05) is 24.3 Å². The molecule has 1 fully saturated rings. The van der Waals surface area contributed by atoms with Gasteiger partial charge in [-0.05, 0) is 34.1 Å². The number of aromatic nitrogens is 2. The molecule has 0 aliphatic carbocycles. The summed E-state index contributed by atoms with van der Waals surface area (Å²) in [6, 6.07) is 5.76. The van der Waals surface area contributed by atoms with Crippen LogP contribution in [0.5, 0.6) is 0 Å². The minimum Gasteiger partial charge on any atom is -0.399 e. The molecule has 2 aromatic rings. The summed E-state index contributed by atoms with van der Waals surface area (Å²) in [7, 11) is 1.32. The molecule has 1 aromatic heterocycles. The first-order valence-electron chi connectivity index (χ1n) is 8.21. The number of halogens is 2. The molecule has 0 atom stereocenters. The predicted molar refractivity (Wildman–Crippen MR) is 90.8 cm³/mol. The summed E-state index contributed by atoms with van der Waals surface area (Å²) in [5.74, 6) is 0. The SMILES string of the molecule is Cn1nc(CCC(F)F)c2cccc(B3OC(C)(C)C(C)(C)O3)c21. The summed E-state index contributed by atoms with van der Waals surface area (Å²) in [6.45, 7) is 8.02. The molecule has 2 heterocycles. The van der Waals surface area contributed by atoms with Crippen molar-refractivity contribution in [2.24, 2.45) is 7.05 Å². The van der Waals surface area contributed by atoms with Gasteiger partial charge in [0.2, 0.25) is 6.43 Å². The van der Waals surface area contributed by atoms with Crippen molar-refractivity contribution in [3.8, 4) is 0 Å². The normalized spacial score (nSPS) is 19.6. The van der Waals surface area contributed by atoms with Crippen molar-refractivity contribution < 1.29 is 18.1 Å². The van der Waals surface area contributed by atoms with Crippen LogP contribution >= 0.6 is 0 Å². The maximum absolute atomic E-state index is 12.5. The predicted octanol–water partition coefficient (Wildman–Crippen LogP) is 3.07. The van der Waals surface area contributed by atoms with Crippen LogP contribution in [0.1, 0.15) is 39.8 Å². The van der Waals surface area contributed by atoms with Crippen LogP contribution in [-0.2, 0) is 22.8 Å². The average molecular weight is 336 g/mol. The Balaban J connectivity index is 2.02. The fraction of sp³-hybridized carbons (Fsp3) is 0.588. The van der Waals surface area contributed by atoms with Crippen LogP contribution in [0.2, 0.25) is 0 Å². The molecule has 0 bridgehead atoms. The van der Waals surface area contributed by atoms with Crippen molar-refractivity contribution in [2.45, 2.75) is 58.2 Å². The van der Waals surface area contributed by atoms with Gasteiger partial charge in [-0.1, -0.05) is 18.2 Å². The molecule has 0 amide bonds. The fourth-order valence-electron chi connectivity index (χ4n) is 3.03. The third-order valence-corrected chi connectivity index (χ3v) is 5.08. The van der Waals surface area contributed by atoms with Crippen LogP contribution in [0.3, 0.4) is 0 Å². The lowest BCUT2D eigenvalue weighted by Crippen LogP contribution is -2.41. The van der Waals surface area contributed by atoms with Crippen molar-refractivity contribution in [1.82, 2.24) is 9.78 Å². The Bertz CT molecular complexity index is 742. The molecule has 0 unspecified atom stereocenters. The van der Waals surface area contributed by atoms with Crippen molar-refractivity contribution in [3.63, 3.8) is 0 Å². The molecule has 0 spiro atoms. The average Bonchev–Trinajstić information content (AvgIpc) is 2.91. The smallest absolute Gasteiger partial charge is 0.399 e. The van der Waals surface area contributed by atoms with E-state index in [1.54, 1.807) is 4.68 Å². The van der Waals surface area contributed by atoms with E-state index in [9.17, 15) is 8.78 Å². The maximum Gasteiger partial charge on any atom is 0.497 e. The van der Waals surface area contributed by atoms with Crippen LogP contribution in [0.25, 0.3) is 10.9 Å². The molecule has 1 aromatic carbocycles. The third kappa shape index (κ3) is 2.84. The van der Waals surface area contributed by atoms with E-state index in [-0.39, 0.29) is 12.8 Å². The zero-order chi connectivity index (χ0) is 17.7. The van der Waals surface area contributed by atoms with Crippen molar-refractivity contribution in [2.75, 3.05) is 0 Å². The number of benzene rings is 1. The van der Waals surface area contributed by atoms with Crippen molar-refractivity contribution >= 4 is 23.5 Å². The van der Waals surface area contributed by atoms with Gasteiger partial charge in [0.05, 0.1) is 22.4 Å². The standard InChI is InChI=1S/C17H23BF2N2O2/c1-16(2)17(3,4)24-18(23-16)12-8-6-7-11-13(9-10-14(19)20)21-22(5)15(11)12/h6-8,14H,9-10H2,1-5H3. The second kappa shape index (κ2) is 5.81. The lowest BCUT2D eigenvalue weighted by Gasteiger charge is -2.32. The van der Waals surface area contributed by atoms with Gasteiger partial charge in [-0.2, -0.15) is 5.10 Å². The highest BCUT2D eigenvalue weighted by Gasteiger charge is 2.52. The summed E-state index contributed by atoms with van der Waals surface area (Å²) in [4.78, 5) is 0. The van der Waals surface area contributed by atoms with E-state index in [1.807, 2.05) is 52.9 Å². The number of hydrogen-bond acceptors (Lipinski definition) is 3. The van der Waals surface area contributed by atoms with Crippen molar-refractivity contribution in [3.05, 3.63) is 23.9 Å². The number of fused-ring (bicyclic) bond motifs is 1. The molecule has 130 valence electrons. The topological polar surface area (TPSA) is 36.3 Å². The molecular formula is C17H23BF2N2O2. The summed E-state index contributed by atoms with van der Waals surface area (Å²) in [6.07, 6.45) is -2.26. The molecule has 0 N–H and O–H groups in total. The first-order valence-corrected chi connectivity index (χ1v) is 8.21. The molecule has 3 rings (SSSR count). The zero-order valence-electron chi connectivity index (χ0n) is 14.8. The molecule has 0 radical (unpaired) electrons. The first-order chi connectivity index (χ1) is 11.1. The van der Waals surface area contributed by atoms with E-state index >= 15 is 0 Å². The Kier molecular flexibility index (Phi) is 4.20. The van der Waals surface area contributed by atoms with Crippen LogP contribution in [0.4, 0.5) is 8.78 Å². The first kappa shape index (κ1) is 17.4. The van der Waals surface area contributed by atoms with Crippen molar-refractivity contribution in [1.29, 1.82) is 0 Å². The van der Waals surface area contributed by atoms with Gasteiger partial charge < -0.3 is 9.31 Å². The number of para-hydroxylation sites is 1. The van der Waals surface area contributed by atoms with Gasteiger partial charge in [-0.3, -0.25) is 4.68 Å². The van der Waals surface area contributed by atoms with Gasteiger partial charge in [-0.25, -0.2) is 8.78 Å². The van der Waals surface area contributed by atoms with E-state index in [4.69, 9.17) is 9.31 Å². The van der Waals surface area contributed by atoms with E-state index in [0.717, 1.165) is 16.4 Å². The largest absolute Gasteiger partial charge is 0.497 e. The highest BCUT2D eigenvalue weighted by Crippen LogP contribution is 2.37. The molecule has 24 heavy (non-hydrogen) atoms. The lowest BCUT2D eigenvalue weighted by atomic mass is 9.77. The quantitative estimate of drug-likeness (QED) is 0.805. The number of aryl methyl sites for hydroxylation is 2. The highest BCUT2D eigenvalue weighted by molar-refractivity contribution is 6.65. The Morgan fingerprint density at radius 1 is 1.17 bits per heavy atom. The molecule has 0 saturated carbocycles. The highest BCUT2D eigenvalue weighted by atomic mass is 19.3. The number of hydrogen-bond donors (Lipinski definition) is 0. The van der Waals surface area contributed by atoms with Gasteiger partial charge in [0.1, 0.15) is 0 Å². The van der Waals surface area contributed by atoms with Crippen LogP contribution in [-0.4, -0.2) is 34.5 Å². The number of rotatable bonds is 4. The molecule has 1 aliphatic rings. The monoisotopic (exact) mass is 336 g/mol. The minimum absolute atomic E-state index is 0.188. The number of alkyl halides is 2. The summed E-state index contributed by atoms with van der Waals surface area (Å²) >= 11 is 0. The second-order valence-electron chi connectivity index (χ2n) is 7.33. The lowest BCUT2D eigenvalue weighted by molar-refractivity contribution is 0.00578. The van der Waals surface area contributed by atoms with Crippen LogP contribution < -0.4 is 5.46 Å². The summed E-state index contributed by atoms with van der Waals surface area (Å²) in [5, 5.41) is 5.32. The van der Waals surface area contributed by atoms with E-state index in [1.165, 1.54) is 0 Å². The summed E-state index contributed by atoms with van der Waals surface area (Å²) in [5.41, 5.74) is 1.57. The maximum atomic E-state index is 12.5. The summed E-state index contributed by atoms with van der Waals surface area (Å²) < 4.78 is 39.1. The molecule has 7 heteroatoms. The Labute approximate surface area is 141 Å². The van der Waals surface area contributed by atoms with E-state index in [0.29, 0.717) is 5.69 Å². The van der Waals surface area contributed by atoms with Gasteiger partial charge in [-0.15, -0.1) is 0 Å². The Morgan fingerprint density at radius 3 is 2.38 bits per heavy atom. The Morgan fingerprint density at radius 2 is 1.79 bits per heavy atom. The van der Waals surface area contributed by atoms with Gasteiger partial charge >= 0.3 is 7.12 Å². The van der Waals surface area contributed by atoms with Gasteiger partial charge in [0.15, 0.2) is 0 Å². The number of nitrogens with zero attached hydrogens (tertiary/aromatic N) is 2. The fourth-order valence-corrected chi connectivity index (χ4v) is 3.03. The minimum atomic E-state index is -2.33. The Hall–Kier alpha value is -1.47. The molecule has 1 saturated heterocycles. The molecule has 4 nitrogen and oxygen atoms in total. The second-order valence-corrected chi connectivity index (χ2v) is 7.33. The van der Waals surface area contributed by atoms with E-state index in [2.05, 4.69) is 5.10 Å². The third-order valence-electron chi connectivity index (χ3n) is 5.08. The van der Waals surface area contributed by atoms with E-state index < -0.39 is 24.7 Å². The van der Waals surface area contributed by atoms with Crippen LogP contribution in [0, 0.1) is 0 Å². The molecule has 1 aliphatic heterocycles. The zero-order valence-corrected chi connectivity index (χ0v) is 14.8. The van der Waals surface area contributed by atoms with Gasteiger partial charge in [0.25, 0.3) is 0 Å².